The van der Waals surface area contributed by atoms with E-state index in [1.807, 2.05) is 0 Å². The number of hydrogen-bond donors (Lipinski definition) is 1. The zero-order chi connectivity index (χ0) is 25.3. The number of thiazole rings is 1. The van der Waals surface area contributed by atoms with Crippen molar-refractivity contribution in [2.24, 2.45) is 5.92 Å². The standard InChI is InChI=1S/C25H24ClF2N3O3S2.ClH/c26-20-11-24(36(32,33)30-25-14-35-15-29-25)21(28)12-23(20)34-13-19-18(16-5-7-17(27)8-6-16)3-1-4-22(19)31-9-2-10-31;/h3,5-8,11-12,14-15,19,22,30H,1-2,4,9-10,13H2;1H/t19-,22-;/m1./s1. The van der Waals surface area contributed by atoms with E-state index in [2.05, 4.69) is 20.7 Å². The van der Waals surface area contributed by atoms with Crippen LogP contribution in [-0.2, 0) is 10.0 Å². The summed E-state index contributed by atoms with van der Waals surface area (Å²) in [6.45, 7) is 2.23. The van der Waals surface area contributed by atoms with Crippen LogP contribution in [0, 0.1) is 17.6 Å². The van der Waals surface area contributed by atoms with E-state index in [0.29, 0.717) is 0 Å². The third kappa shape index (κ3) is 6.09. The average molecular weight is 589 g/mol. The minimum absolute atomic E-state index is 0. The summed E-state index contributed by atoms with van der Waals surface area (Å²) in [4.78, 5) is 5.69. The number of benzene rings is 2. The molecule has 0 amide bonds. The van der Waals surface area contributed by atoms with Gasteiger partial charge in [0.05, 0.1) is 17.1 Å². The van der Waals surface area contributed by atoms with E-state index in [1.54, 1.807) is 12.1 Å². The van der Waals surface area contributed by atoms with Crippen LogP contribution in [0.4, 0.5) is 14.6 Å². The van der Waals surface area contributed by atoms with Gasteiger partial charge >= 0.3 is 0 Å². The number of aromatic nitrogens is 1. The molecular formula is C25H25Cl2F2N3O3S2. The number of hydrogen-bond acceptors (Lipinski definition) is 6. The normalized spacial score (nSPS) is 19.9. The Labute approximate surface area is 229 Å². The number of nitrogens with one attached hydrogen (secondary N) is 1. The average Bonchev–Trinajstić information content (AvgIpc) is 3.31. The van der Waals surface area contributed by atoms with Gasteiger partial charge in [0, 0.05) is 23.4 Å². The fourth-order valence-electron chi connectivity index (χ4n) is 4.72. The van der Waals surface area contributed by atoms with Gasteiger partial charge in [-0.2, -0.15) is 0 Å². The van der Waals surface area contributed by atoms with Gasteiger partial charge in [-0.15, -0.1) is 23.7 Å². The highest BCUT2D eigenvalue weighted by atomic mass is 35.5. The third-order valence-corrected chi connectivity index (χ3v) is 8.85. The SMILES string of the molecule is Cl.O=S(=O)(Nc1cscn1)c1cc(Cl)c(OC[C@@H]2C(c3ccc(F)cc3)=CCC[C@H]2N2CCC2)cc1F. The minimum Gasteiger partial charge on any atom is -0.491 e. The lowest BCUT2D eigenvalue weighted by atomic mass is 9.79. The topological polar surface area (TPSA) is 71.5 Å². The van der Waals surface area contributed by atoms with Crippen LogP contribution in [0.25, 0.3) is 5.57 Å². The highest BCUT2D eigenvalue weighted by Crippen LogP contribution is 2.39. The summed E-state index contributed by atoms with van der Waals surface area (Å²) in [7, 11) is -4.22. The molecule has 3 aromatic rings. The molecule has 2 aliphatic rings. The first kappa shape index (κ1) is 27.8. The van der Waals surface area contributed by atoms with Gasteiger partial charge in [0.1, 0.15) is 22.3 Å². The van der Waals surface area contributed by atoms with Gasteiger partial charge in [0.25, 0.3) is 10.0 Å². The van der Waals surface area contributed by atoms with Crippen molar-refractivity contribution in [1.82, 2.24) is 9.88 Å². The zero-order valence-corrected chi connectivity index (χ0v) is 22.8. The summed E-state index contributed by atoms with van der Waals surface area (Å²) in [6.07, 6.45) is 5.15. The van der Waals surface area contributed by atoms with Gasteiger partial charge in [-0.25, -0.2) is 22.2 Å². The Balaban J connectivity index is 0.00000320. The van der Waals surface area contributed by atoms with E-state index in [9.17, 15) is 17.2 Å². The number of halogens is 4. The molecule has 2 heterocycles. The summed E-state index contributed by atoms with van der Waals surface area (Å²) < 4.78 is 62.0. The smallest absolute Gasteiger partial charge is 0.266 e. The zero-order valence-electron chi connectivity index (χ0n) is 19.6. The first-order valence-corrected chi connectivity index (χ1v) is 14.3. The van der Waals surface area contributed by atoms with Crippen molar-refractivity contribution >= 4 is 56.8 Å². The highest BCUT2D eigenvalue weighted by molar-refractivity contribution is 7.92. The summed E-state index contributed by atoms with van der Waals surface area (Å²) in [5, 5.41) is 1.48. The first-order valence-electron chi connectivity index (χ1n) is 11.5. The van der Waals surface area contributed by atoms with Crippen molar-refractivity contribution in [2.75, 3.05) is 24.4 Å². The van der Waals surface area contributed by atoms with Crippen molar-refractivity contribution in [3.05, 3.63) is 75.6 Å². The lowest BCUT2D eigenvalue weighted by Gasteiger charge is -2.45. The molecule has 1 aromatic heterocycles. The Bertz CT molecular complexity index is 1370. The van der Waals surface area contributed by atoms with Gasteiger partial charge < -0.3 is 4.74 Å². The molecule has 1 aliphatic carbocycles. The number of anilines is 1. The van der Waals surface area contributed by atoms with E-state index in [4.69, 9.17) is 16.3 Å². The van der Waals surface area contributed by atoms with E-state index in [-0.39, 0.29) is 53.4 Å². The summed E-state index contributed by atoms with van der Waals surface area (Å²) >= 11 is 7.56. The molecule has 198 valence electrons. The molecule has 0 unspecified atom stereocenters. The molecule has 37 heavy (non-hydrogen) atoms. The van der Waals surface area contributed by atoms with Gasteiger partial charge in [-0.05, 0) is 61.7 Å². The van der Waals surface area contributed by atoms with Crippen LogP contribution in [0.1, 0.15) is 24.8 Å². The highest BCUT2D eigenvalue weighted by Gasteiger charge is 2.36. The molecule has 2 aromatic carbocycles. The lowest BCUT2D eigenvalue weighted by Crippen LogP contribution is -2.51. The second-order valence-corrected chi connectivity index (χ2v) is 11.6. The van der Waals surface area contributed by atoms with Gasteiger partial charge in [0.15, 0.2) is 5.82 Å². The second-order valence-electron chi connectivity index (χ2n) is 8.81. The molecule has 12 heteroatoms. The molecule has 1 saturated heterocycles. The van der Waals surface area contributed by atoms with Crippen molar-refractivity contribution < 1.29 is 21.9 Å². The molecule has 5 rings (SSSR count). The molecule has 1 aliphatic heterocycles. The molecule has 2 atom stereocenters. The van der Waals surface area contributed by atoms with Crippen molar-refractivity contribution in [3.63, 3.8) is 0 Å². The number of allylic oxidation sites excluding steroid dienone is 1. The Hall–Kier alpha value is -2.24. The van der Waals surface area contributed by atoms with Crippen molar-refractivity contribution in [1.29, 1.82) is 0 Å². The van der Waals surface area contributed by atoms with Crippen molar-refractivity contribution in [3.8, 4) is 5.75 Å². The number of nitrogens with zero attached hydrogens (tertiary/aromatic N) is 2. The Morgan fingerprint density at radius 1 is 1.19 bits per heavy atom. The number of rotatable bonds is 8. The predicted molar refractivity (Wildman–Crippen MR) is 144 cm³/mol. The maximum atomic E-state index is 14.9. The van der Waals surface area contributed by atoms with Gasteiger partial charge in [-0.3, -0.25) is 9.62 Å². The van der Waals surface area contributed by atoms with Crippen LogP contribution in [0.5, 0.6) is 5.75 Å². The molecule has 6 nitrogen and oxygen atoms in total. The summed E-state index contributed by atoms with van der Waals surface area (Å²) in [5.74, 6) is -1.16. The molecule has 0 saturated carbocycles. The summed E-state index contributed by atoms with van der Waals surface area (Å²) in [5.41, 5.74) is 3.44. The maximum absolute atomic E-state index is 14.9. The monoisotopic (exact) mass is 587 g/mol. The van der Waals surface area contributed by atoms with E-state index in [1.165, 1.54) is 34.4 Å². The van der Waals surface area contributed by atoms with Crippen LogP contribution in [0.15, 0.2) is 58.3 Å². The fraction of sp³-hybridized carbons (Fsp3) is 0.320. The van der Waals surface area contributed by atoms with Crippen LogP contribution >= 0.6 is 35.3 Å². The van der Waals surface area contributed by atoms with Gasteiger partial charge in [-0.1, -0.05) is 29.8 Å². The van der Waals surface area contributed by atoms with Crippen molar-refractivity contribution in [2.45, 2.75) is 30.2 Å². The quantitative estimate of drug-likeness (QED) is 0.337. The van der Waals surface area contributed by atoms with Crippen LogP contribution in [-0.4, -0.2) is 44.0 Å². The number of likely N-dealkylation sites (tertiary alicyclic amines) is 1. The largest absolute Gasteiger partial charge is 0.491 e. The van der Waals surface area contributed by atoms with Gasteiger partial charge in [0.2, 0.25) is 0 Å². The molecule has 1 fully saturated rings. The molecular weight excluding hydrogens is 563 g/mol. The second kappa shape index (κ2) is 11.7. The molecule has 0 radical (unpaired) electrons. The van der Waals surface area contributed by atoms with Crippen LogP contribution in [0.3, 0.4) is 0 Å². The van der Waals surface area contributed by atoms with E-state index < -0.39 is 20.7 Å². The van der Waals surface area contributed by atoms with Crippen LogP contribution in [0.2, 0.25) is 5.02 Å². The molecule has 0 spiro atoms. The molecule has 0 bridgehead atoms. The molecule has 1 N–H and O–H groups in total. The number of ether oxygens (including phenoxy) is 1. The maximum Gasteiger partial charge on any atom is 0.266 e. The Morgan fingerprint density at radius 3 is 2.59 bits per heavy atom. The fourth-order valence-corrected chi connectivity index (χ4v) is 6.64. The van der Waals surface area contributed by atoms with E-state index in [0.717, 1.165) is 55.6 Å². The first-order chi connectivity index (χ1) is 17.3. The van der Waals surface area contributed by atoms with E-state index >= 15 is 0 Å². The summed E-state index contributed by atoms with van der Waals surface area (Å²) in [6, 6.07) is 8.67. The third-order valence-electron chi connectivity index (χ3n) is 6.59. The minimum atomic E-state index is -4.22. The Morgan fingerprint density at radius 2 is 1.95 bits per heavy atom. The lowest BCUT2D eigenvalue weighted by molar-refractivity contribution is 0.0683. The number of sulfonamides is 1. The Kier molecular flexibility index (Phi) is 8.75. The van der Waals surface area contributed by atoms with Crippen LogP contribution < -0.4 is 9.46 Å². The predicted octanol–water partition coefficient (Wildman–Crippen LogP) is 6.24.